The third-order valence-electron chi connectivity index (χ3n) is 2.97. The molecule has 1 amide bonds. The third kappa shape index (κ3) is 4.16. The van der Waals surface area contributed by atoms with Crippen LogP contribution in [0.3, 0.4) is 0 Å². The quantitative estimate of drug-likeness (QED) is 0.841. The van der Waals surface area contributed by atoms with Crippen LogP contribution < -0.4 is 5.32 Å². The highest BCUT2D eigenvalue weighted by atomic mass is 16.2. The van der Waals surface area contributed by atoms with Crippen molar-refractivity contribution < 1.29 is 9.90 Å². The number of aryl methyl sites for hydroxylation is 1. The van der Waals surface area contributed by atoms with Gasteiger partial charge in [0.1, 0.15) is 6.61 Å². The van der Waals surface area contributed by atoms with Gasteiger partial charge in [-0.15, -0.1) is 0 Å². The van der Waals surface area contributed by atoms with E-state index in [9.17, 15) is 4.79 Å². The lowest BCUT2D eigenvalue weighted by molar-refractivity contribution is 0.0951. The summed E-state index contributed by atoms with van der Waals surface area (Å²) in [5.41, 5.74) is 3.26. The van der Waals surface area contributed by atoms with Crippen LogP contribution in [0, 0.1) is 18.8 Å². The summed E-state index contributed by atoms with van der Waals surface area (Å²) in [5.74, 6) is 5.31. The van der Waals surface area contributed by atoms with Crippen molar-refractivity contribution in [1.82, 2.24) is 10.3 Å². The number of hydrogen-bond donors (Lipinski definition) is 2. The van der Waals surface area contributed by atoms with Crippen molar-refractivity contribution in [3.8, 4) is 11.8 Å². The number of carbonyl (C=O) groups is 1. The van der Waals surface area contributed by atoms with Crippen molar-refractivity contribution in [2.75, 3.05) is 6.61 Å². The predicted octanol–water partition coefficient (Wildman–Crippen LogP) is 1.66. The van der Waals surface area contributed by atoms with Crippen LogP contribution in [0.2, 0.25) is 0 Å². The van der Waals surface area contributed by atoms with Gasteiger partial charge in [-0.3, -0.25) is 9.78 Å². The predicted molar refractivity (Wildman–Crippen MR) is 80.6 cm³/mol. The molecule has 1 heterocycles. The van der Waals surface area contributed by atoms with Crippen LogP contribution in [0.5, 0.6) is 0 Å². The Bertz CT molecular complexity index is 685. The molecule has 0 radical (unpaired) electrons. The van der Waals surface area contributed by atoms with Crippen LogP contribution >= 0.6 is 0 Å². The average Bonchev–Trinajstić information content (AvgIpc) is 2.52. The summed E-state index contributed by atoms with van der Waals surface area (Å²) in [6.07, 6.45) is 3.42. The monoisotopic (exact) mass is 280 g/mol. The van der Waals surface area contributed by atoms with E-state index in [2.05, 4.69) is 22.1 Å². The Morgan fingerprint density at radius 3 is 2.90 bits per heavy atom. The van der Waals surface area contributed by atoms with Crippen LogP contribution in [0.25, 0.3) is 0 Å². The van der Waals surface area contributed by atoms with E-state index in [1.807, 2.05) is 19.1 Å². The Labute approximate surface area is 123 Å². The molecule has 2 rings (SSSR count). The highest BCUT2D eigenvalue weighted by Crippen LogP contribution is 2.10. The Kier molecular flexibility index (Phi) is 5.08. The van der Waals surface area contributed by atoms with E-state index in [4.69, 9.17) is 5.11 Å². The topological polar surface area (TPSA) is 62.2 Å². The summed E-state index contributed by atoms with van der Waals surface area (Å²) >= 11 is 0. The van der Waals surface area contributed by atoms with Gasteiger partial charge in [0.2, 0.25) is 0 Å². The molecule has 0 atom stereocenters. The second-order valence-corrected chi connectivity index (χ2v) is 4.53. The largest absolute Gasteiger partial charge is 0.384 e. The van der Waals surface area contributed by atoms with Crippen molar-refractivity contribution in [1.29, 1.82) is 0 Å². The molecule has 0 aliphatic carbocycles. The first-order valence-electron chi connectivity index (χ1n) is 6.58. The third-order valence-corrected chi connectivity index (χ3v) is 2.97. The molecule has 0 saturated heterocycles. The molecule has 0 unspecified atom stereocenters. The van der Waals surface area contributed by atoms with Gasteiger partial charge in [-0.25, -0.2) is 0 Å². The smallest absolute Gasteiger partial charge is 0.251 e. The average molecular weight is 280 g/mol. The van der Waals surface area contributed by atoms with E-state index in [1.54, 1.807) is 30.6 Å². The van der Waals surface area contributed by atoms with Gasteiger partial charge < -0.3 is 10.4 Å². The van der Waals surface area contributed by atoms with Gasteiger partial charge in [-0.1, -0.05) is 17.9 Å². The standard InChI is InChI=1S/C17H16N2O2/c1-13-10-16(7-6-15(13)5-3-9-20)17(21)19-12-14-4-2-8-18-11-14/h2,4,6-8,10-11,20H,9,12H2,1H3,(H,19,21). The molecule has 0 saturated carbocycles. The summed E-state index contributed by atoms with van der Waals surface area (Å²) in [4.78, 5) is 16.1. The summed E-state index contributed by atoms with van der Waals surface area (Å²) in [6, 6.07) is 9.05. The highest BCUT2D eigenvalue weighted by molar-refractivity contribution is 5.94. The number of hydrogen-bond acceptors (Lipinski definition) is 3. The Hall–Kier alpha value is -2.64. The molecule has 21 heavy (non-hydrogen) atoms. The zero-order valence-corrected chi connectivity index (χ0v) is 11.8. The molecule has 1 aromatic carbocycles. The molecule has 2 aromatic rings. The lowest BCUT2D eigenvalue weighted by atomic mass is 10.0. The lowest BCUT2D eigenvalue weighted by Crippen LogP contribution is -2.22. The van der Waals surface area contributed by atoms with Crippen molar-refractivity contribution in [3.63, 3.8) is 0 Å². The van der Waals surface area contributed by atoms with Crippen LogP contribution in [0.1, 0.15) is 27.0 Å². The van der Waals surface area contributed by atoms with Crippen LogP contribution in [-0.2, 0) is 6.54 Å². The van der Waals surface area contributed by atoms with E-state index >= 15 is 0 Å². The molecule has 4 nitrogen and oxygen atoms in total. The molecular formula is C17H16N2O2. The number of aliphatic hydroxyl groups excluding tert-OH is 1. The number of benzene rings is 1. The zero-order chi connectivity index (χ0) is 15.1. The van der Waals surface area contributed by atoms with Crippen molar-refractivity contribution in [2.45, 2.75) is 13.5 Å². The van der Waals surface area contributed by atoms with E-state index in [1.165, 1.54) is 0 Å². The van der Waals surface area contributed by atoms with Gasteiger partial charge in [0.05, 0.1) is 0 Å². The number of aromatic nitrogens is 1. The first-order valence-corrected chi connectivity index (χ1v) is 6.58. The van der Waals surface area contributed by atoms with Crippen molar-refractivity contribution in [2.24, 2.45) is 0 Å². The molecule has 0 fully saturated rings. The Morgan fingerprint density at radius 2 is 2.24 bits per heavy atom. The number of nitrogens with one attached hydrogen (secondary N) is 1. The summed E-state index contributed by atoms with van der Waals surface area (Å²) in [6.45, 7) is 2.16. The fourth-order valence-corrected chi connectivity index (χ4v) is 1.87. The lowest BCUT2D eigenvalue weighted by Gasteiger charge is -2.07. The van der Waals surface area contributed by atoms with E-state index < -0.39 is 0 Å². The maximum atomic E-state index is 12.1. The molecule has 4 heteroatoms. The summed E-state index contributed by atoms with van der Waals surface area (Å²) < 4.78 is 0. The van der Waals surface area contributed by atoms with Crippen molar-refractivity contribution >= 4 is 5.91 Å². The fourth-order valence-electron chi connectivity index (χ4n) is 1.87. The molecule has 0 aliphatic rings. The van der Waals surface area contributed by atoms with E-state index in [-0.39, 0.29) is 12.5 Å². The minimum absolute atomic E-state index is 0.136. The molecule has 2 N–H and O–H groups in total. The summed E-state index contributed by atoms with van der Waals surface area (Å²) in [7, 11) is 0. The number of rotatable bonds is 3. The first kappa shape index (κ1) is 14.8. The zero-order valence-electron chi connectivity index (χ0n) is 11.8. The Morgan fingerprint density at radius 1 is 1.38 bits per heavy atom. The highest BCUT2D eigenvalue weighted by Gasteiger charge is 2.07. The maximum Gasteiger partial charge on any atom is 0.251 e. The Balaban J connectivity index is 2.04. The minimum atomic E-state index is -0.174. The number of pyridine rings is 1. The van der Waals surface area contributed by atoms with Gasteiger partial charge in [-0.05, 0) is 42.3 Å². The number of amides is 1. The van der Waals surface area contributed by atoms with Gasteiger partial charge in [0.25, 0.3) is 5.91 Å². The number of carbonyl (C=O) groups excluding carboxylic acids is 1. The van der Waals surface area contributed by atoms with Gasteiger partial charge in [-0.2, -0.15) is 0 Å². The molecule has 0 spiro atoms. The van der Waals surface area contributed by atoms with Gasteiger partial charge in [0.15, 0.2) is 0 Å². The van der Waals surface area contributed by atoms with Crippen LogP contribution in [-0.4, -0.2) is 22.6 Å². The normalized spacial score (nSPS) is 9.62. The van der Waals surface area contributed by atoms with Crippen molar-refractivity contribution in [3.05, 3.63) is 65.0 Å². The van der Waals surface area contributed by atoms with E-state index in [0.717, 1.165) is 16.7 Å². The maximum absolute atomic E-state index is 12.1. The van der Waals surface area contributed by atoms with Gasteiger partial charge in [0, 0.05) is 30.1 Å². The van der Waals surface area contributed by atoms with Crippen LogP contribution in [0.15, 0.2) is 42.7 Å². The molecule has 1 aromatic heterocycles. The fraction of sp³-hybridized carbons (Fsp3) is 0.176. The molecule has 106 valence electrons. The molecular weight excluding hydrogens is 264 g/mol. The number of nitrogens with zero attached hydrogens (tertiary/aromatic N) is 1. The van der Waals surface area contributed by atoms with E-state index in [0.29, 0.717) is 12.1 Å². The SMILES string of the molecule is Cc1cc(C(=O)NCc2cccnc2)ccc1C#CCO. The first-order chi connectivity index (χ1) is 10.2. The van der Waals surface area contributed by atoms with Gasteiger partial charge >= 0.3 is 0 Å². The van der Waals surface area contributed by atoms with Crippen LogP contribution in [0.4, 0.5) is 0 Å². The second kappa shape index (κ2) is 7.22. The molecule has 0 bridgehead atoms. The number of aliphatic hydroxyl groups is 1. The minimum Gasteiger partial charge on any atom is -0.384 e. The molecule has 0 aliphatic heterocycles. The summed E-state index contributed by atoms with van der Waals surface area (Å²) in [5, 5.41) is 11.5. The second-order valence-electron chi connectivity index (χ2n) is 4.53.